The predicted molar refractivity (Wildman–Crippen MR) is 109 cm³/mol. The van der Waals surface area contributed by atoms with Crippen molar-refractivity contribution in [2.24, 2.45) is 0 Å². The number of nitrogens with zero attached hydrogens (tertiary/aromatic N) is 1. The van der Waals surface area contributed by atoms with E-state index in [4.69, 9.17) is 18.3 Å². The van der Waals surface area contributed by atoms with E-state index >= 15 is 0 Å². The van der Waals surface area contributed by atoms with E-state index in [1.165, 1.54) is 5.56 Å². The lowest BCUT2D eigenvalue weighted by atomic mass is 9.91. The molecule has 4 aliphatic rings. The maximum Gasteiger partial charge on any atom is 0.482 e. The highest BCUT2D eigenvalue weighted by molar-refractivity contribution is 7.50. The van der Waals surface area contributed by atoms with Gasteiger partial charge in [-0.1, -0.05) is 48.5 Å². The normalized spacial score (nSPS) is 34.3. The maximum atomic E-state index is 12.3. The van der Waals surface area contributed by atoms with Crippen molar-refractivity contribution in [2.75, 3.05) is 13.2 Å². The van der Waals surface area contributed by atoms with E-state index in [0.29, 0.717) is 13.0 Å². The molecule has 4 fully saturated rings. The van der Waals surface area contributed by atoms with Crippen molar-refractivity contribution in [1.29, 1.82) is 0 Å². The quantitative estimate of drug-likeness (QED) is 0.636. The van der Waals surface area contributed by atoms with Crippen LogP contribution in [0.2, 0.25) is 0 Å². The first kappa shape index (κ1) is 19.3. The number of piperidine rings is 1. The summed E-state index contributed by atoms with van der Waals surface area (Å²) < 4.78 is 35.5. The van der Waals surface area contributed by atoms with Gasteiger partial charge in [-0.3, -0.25) is 9.42 Å². The molecule has 0 N–H and O–H groups in total. The molecule has 4 heterocycles. The van der Waals surface area contributed by atoms with Gasteiger partial charge < -0.3 is 4.74 Å². The molecule has 2 atom stereocenters. The summed E-state index contributed by atoms with van der Waals surface area (Å²) in [4.78, 5) is 2.17. The van der Waals surface area contributed by atoms with Gasteiger partial charge in [0.25, 0.3) is 0 Å². The zero-order chi connectivity index (χ0) is 20.1. The zero-order valence-corrected chi connectivity index (χ0v) is 17.6. The Bertz CT molecular complexity index is 941. The van der Waals surface area contributed by atoms with Gasteiger partial charge in [0.15, 0.2) is 5.72 Å². The summed E-state index contributed by atoms with van der Waals surface area (Å²) in [6.07, 6.45) is 2.41. The Labute approximate surface area is 171 Å². The molecule has 1 spiro atoms. The zero-order valence-electron chi connectivity index (χ0n) is 16.7. The first-order chi connectivity index (χ1) is 13.9. The molecule has 2 aromatic carbocycles. The molecule has 4 saturated heterocycles. The average molecular weight is 415 g/mol. The molecule has 0 amide bonds. The van der Waals surface area contributed by atoms with Crippen LogP contribution in [0.15, 0.2) is 54.6 Å². The number of likely N-dealkylation sites (tertiary alicyclic amines) is 1. The number of hydrogen-bond donors (Lipinski definition) is 0. The van der Waals surface area contributed by atoms with Gasteiger partial charge in [0, 0.05) is 25.4 Å². The molecule has 0 radical (unpaired) electrons. The number of rotatable bonds is 6. The first-order valence-electron chi connectivity index (χ1n) is 10.2. The Morgan fingerprint density at radius 1 is 1.10 bits per heavy atom. The summed E-state index contributed by atoms with van der Waals surface area (Å²) in [6.45, 7) is 5.32. The highest BCUT2D eigenvalue weighted by atomic mass is 31.2. The molecule has 2 aromatic rings. The molecule has 6 nitrogen and oxygen atoms in total. The predicted octanol–water partition coefficient (Wildman–Crippen LogP) is 4.74. The summed E-state index contributed by atoms with van der Waals surface area (Å²) >= 11 is 0. The Morgan fingerprint density at radius 3 is 2.62 bits per heavy atom. The van der Waals surface area contributed by atoms with E-state index in [9.17, 15) is 4.57 Å². The average Bonchev–Trinajstić information content (AvgIpc) is 3.08. The van der Waals surface area contributed by atoms with E-state index in [1.807, 2.05) is 31.2 Å². The van der Waals surface area contributed by atoms with Gasteiger partial charge in [-0.05, 0) is 37.5 Å². The van der Waals surface area contributed by atoms with Crippen LogP contribution in [0.1, 0.15) is 37.8 Å². The summed E-state index contributed by atoms with van der Waals surface area (Å²) in [5.41, 5.74) is 1.57. The van der Waals surface area contributed by atoms with E-state index < -0.39 is 19.3 Å². The molecule has 154 valence electrons. The maximum absolute atomic E-state index is 12.3. The third-order valence-corrected chi connectivity index (χ3v) is 7.81. The van der Waals surface area contributed by atoms with Crippen LogP contribution in [0.25, 0.3) is 0 Å². The minimum Gasteiger partial charge on any atom is -0.492 e. The minimum atomic E-state index is -3.36. The van der Waals surface area contributed by atoms with Crippen LogP contribution in [0.3, 0.4) is 0 Å². The van der Waals surface area contributed by atoms with Gasteiger partial charge in [-0.25, -0.2) is 13.6 Å². The van der Waals surface area contributed by atoms with Crippen molar-refractivity contribution in [3.63, 3.8) is 0 Å². The molecule has 0 saturated carbocycles. The highest BCUT2D eigenvalue weighted by Gasteiger charge is 2.79. The van der Waals surface area contributed by atoms with Gasteiger partial charge in [0.05, 0.1) is 0 Å². The summed E-state index contributed by atoms with van der Waals surface area (Å²) in [5.74, 6) is -0.0164. The van der Waals surface area contributed by atoms with Crippen molar-refractivity contribution in [3.05, 3.63) is 65.7 Å². The molecule has 7 heteroatoms. The van der Waals surface area contributed by atoms with Crippen molar-refractivity contribution in [1.82, 2.24) is 4.90 Å². The largest absolute Gasteiger partial charge is 0.492 e. The highest BCUT2D eigenvalue weighted by Crippen LogP contribution is 2.80. The van der Waals surface area contributed by atoms with Crippen molar-refractivity contribution in [2.45, 2.75) is 50.7 Å². The minimum absolute atomic E-state index is 0.0429. The van der Waals surface area contributed by atoms with Crippen LogP contribution in [-0.4, -0.2) is 35.6 Å². The van der Waals surface area contributed by atoms with Crippen molar-refractivity contribution < 1.29 is 22.9 Å². The summed E-state index contributed by atoms with van der Waals surface area (Å²) in [6, 6.07) is 18.6. The summed E-state index contributed by atoms with van der Waals surface area (Å²) in [5, 5.41) is 0. The first-order valence-corrected chi connectivity index (χ1v) is 11.6. The van der Waals surface area contributed by atoms with Crippen LogP contribution < -0.4 is 4.74 Å². The fourth-order valence-electron chi connectivity index (χ4n) is 4.70. The Kier molecular flexibility index (Phi) is 4.61. The number of hydrogen-bond acceptors (Lipinski definition) is 6. The van der Waals surface area contributed by atoms with Gasteiger partial charge >= 0.3 is 7.82 Å². The van der Waals surface area contributed by atoms with Gasteiger partial charge in [-0.15, -0.1) is 0 Å². The van der Waals surface area contributed by atoms with E-state index in [0.717, 1.165) is 30.7 Å². The number of para-hydroxylation sites is 1. The monoisotopic (exact) mass is 415 g/mol. The fraction of sp³-hybridized carbons (Fsp3) is 0.455. The second-order valence-corrected chi connectivity index (χ2v) is 9.63. The molecule has 29 heavy (non-hydrogen) atoms. The number of phosphoric ester groups is 1. The second-order valence-electron chi connectivity index (χ2n) is 8.18. The van der Waals surface area contributed by atoms with Crippen LogP contribution in [0.5, 0.6) is 5.75 Å². The lowest BCUT2D eigenvalue weighted by molar-refractivity contribution is -0.277. The van der Waals surface area contributed by atoms with Crippen LogP contribution >= 0.6 is 7.82 Å². The van der Waals surface area contributed by atoms with Gasteiger partial charge in [0.2, 0.25) is 5.79 Å². The SMILES string of the molecule is C[C@H](COc1ccccc1Cc1ccccc1)N1CCCC23OP(=O)(O2)O[C@@]13C. The van der Waals surface area contributed by atoms with Crippen LogP contribution in [0, 0.1) is 0 Å². The number of phosphoric acid groups is 1. The standard InChI is InChI=1S/C22H26NO5P/c1-17(23-14-8-13-22-21(23,2)26-29(24,27-22)28-22)16-25-20-12-7-6-11-19(20)15-18-9-4-3-5-10-18/h3-7,9-12,17H,8,13-16H2,1-2H3/t17-,21-,22?,29?/m1/s1. The third-order valence-electron chi connectivity index (χ3n) is 6.19. The number of benzene rings is 2. The molecule has 0 unspecified atom stereocenters. The molecular weight excluding hydrogens is 389 g/mol. The Morgan fingerprint density at radius 2 is 1.83 bits per heavy atom. The van der Waals surface area contributed by atoms with Crippen LogP contribution in [0.4, 0.5) is 0 Å². The van der Waals surface area contributed by atoms with Crippen molar-refractivity contribution in [3.8, 4) is 5.75 Å². The smallest absolute Gasteiger partial charge is 0.482 e. The van der Waals surface area contributed by atoms with E-state index in [1.54, 1.807) is 0 Å². The Balaban J connectivity index is 1.29. The topological polar surface area (TPSA) is 57.2 Å². The lowest BCUT2D eigenvalue weighted by Gasteiger charge is -2.50. The van der Waals surface area contributed by atoms with E-state index in [-0.39, 0.29) is 6.04 Å². The summed E-state index contributed by atoms with van der Waals surface area (Å²) in [7, 11) is -3.36. The second kappa shape index (κ2) is 6.93. The van der Waals surface area contributed by atoms with E-state index in [2.05, 4.69) is 42.2 Å². The molecule has 4 aliphatic heterocycles. The molecule has 0 aromatic heterocycles. The van der Waals surface area contributed by atoms with Gasteiger partial charge in [-0.2, -0.15) is 0 Å². The van der Waals surface area contributed by atoms with Gasteiger partial charge in [0.1, 0.15) is 12.4 Å². The third kappa shape index (κ3) is 3.15. The lowest BCUT2D eigenvalue weighted by Crippen LogP contribution is -2.67. The fourth-order valence-corrected chi connectivity index (χ4v) is 6.71. The number of ether oxygens (including phenoxy) is 1. The molecule has 2 bridgehead atoms. The van der Waals surface area contributed by atoms with Crippen molar-refractivity contribution >= 4 is 7.82 Å². The molecule has 6 rings (SSSR count). The molecule has 0 aliphatic carbocycles. The van der Waals surface area contributed by atoms with Crippen LogP contribution in [-0.2, 0) is 24.6 Å². The Hall–Kier alpha value is -1.69. The molecular formula is C22H26NO5P.